The summed E-state index contributed by atoms with van der Waals surface area (Å²) in [5.41, 5.74) is 11.7. The summed E-state index contributed by atoms with van der Waals surface area (Å²) in [6.45, 7) is 4.38. The average Bonchev–Trinajstić information content (AvgIpc) is 2.99. The summed E-state index contributed by atoms with van der Waals surface area (Å²) < 4.78 is 10.5. The maximum atomic E-state index is 10.6. The number of Topliss-reactive ketones (excluding diaryl/α,β-unsaturated/α-hetero) is 1. The molecule has 2 saturated heterocycles. The van der Waals surface area contributed by atoms with Crippen LogP contribution >= 0.6 is 0 Å². The molecule has 0 radical (unpaired) electrons. The van der Waals surface area contributed by atoms with Crippen molar-refractivity contribution in [3.05, 3.63) is 58.7 Å². The van der Waals surface area contributed by atoms with Gasteiger partial charge in [0.05, 0.1) is 14.2 Å². The molecule has 7 heteroatoms. The Kier molecular flexibility index (Phi) is 12.0. The fraction of sp³-hybridized carbons (Fsp3) is 0.618. The van der Waals surface area contributed by atoms with Crippen LogP contribution in [0.15, 0.2) is 36.4 Å². The lowest BCUT2D eigenvalue weighted by molar-refractivity contribution is -0.121. The van der Waals surface area contributed by atoms with Crippen molar-refractivity contribution in [2.75, 3.05) is 54.5 Å². The topological polar surface area (TPSA) is 80.1 Å². The van der Waals surface area contributed by atoms with Crippen LogP contribution in [0, 0.1) is 0 Å². The highest BCUT2D eigenvalue weighted by Gasteiger charge is 2.24. The number of nitrogens with two attached hydrogens (primary N) is 1. The third kappa shape index (κ3) is 9.81. The monoisotopic (exact) mass is 564 g/mol. The van der Waals surface area contributed by atoms with Gasteiger partial charge in [-0.1, -0.05) is 12.1 Å². The molecule has 0 unspecified atom stereocenters. The van der Waals surface area contributed by atoms with Crippen LogP contribution in [0.5, 0.6) is 11.5 Å². The molecule has 2 fully saturated rings. The number of nitrogens with zero attached hydrogens (tertiary/aromatic N) is 2. The van der Waals surface area contributed by atoms with Crippen molar-refractivity contribution < 1.29 is 14.3 Å². The number of carbonyl (C=O) groups is 1. The summed E-state index contributed by atoms with van der Waals surface area (Å²) in [4.78, 5) is 15.2. The standard InChI is InChI=1S/C17H26N2O.C11H15NO.C6H11NO/c1-19-9-7-15(8-10-19)18-16-5-3-13-4-6-17(20-2)12-14(13)11-16;1-13-11-5-3-8-2-4-10(12)6-9(8)7-11;1-7-4-2-6(8)3-5-7/h4,6,12,15-16,18H,3,5,7-11H2,1-2H3;3,5,7,10H,2,4,6,12H2,1H3;2-5H2,1H3/t16-;10-;/m11./s1. The number of carbonyl (C=O) groups excluding carboxylic acids is 1. The maximum Gasteiger partial charge on any atom is 0.135 e. The van der Waals surface area contributed by atoms with Gasteiger partial charge in [0.2, 0.25) is 0 Å². The van der Waals surface area contributed by atoms with Gasteiger partial charge in [-0.3, -0.25) is 4.79 Å². The molecule has 0 saturated carbocycles. The van der Waals surface area contributed by atoms with E-state index in [9.17, 15) is 4.79 Å². The second-order valence-electron chi connectivity index (χ2n) is 12.3. The molecular weight excluding hydrogens is 512 g/mol. The van der Waals surface area contributed by atoms with Crippen molar-refractivity contribution in [1.82, 2.24) is 15.1 Å². The predicted octanol–water partition coefficient (Wildman–Crippen LogP) is 4.03. The van der Waals surface area contributed by atoms with Crippen LogP contribution in [-0.2, 0) is 30.5 Å². The Hall–Kier alpha value is -2.45. The van der Waals surface area contributed by atoms with Crippen molar-refractivity contribution in [3.63, 3.8) is 0 Å². The van der Waals surface area contributed by atoms with E-state index in [1.54, 1.807) is 14.2 Å². The number of ether oxygens (including phenoxy) is 2. The average molecular weight is 565 g/mol. The largest absolute Gasteiger partial charge is 0.497 e. The van der Waals surface area contributed by atoms with Gasteiger partial charge in [0.15, 0.2) is 0 Å². The van der Waals surface area contributed by atoms with Crippen molar-refractivity contribution in [1.29, 1.82) is 0 Å². The third-order valence-corrected chi connectivity index (χ3v) is 9.06. The lowest BCUT2D eigenvalue weighted by atomic mass is 9.87. The molecule has 2 heterocycles. The molecule has 2 atom stereocenters. The fourth-order valence-electron chi connectivity index (χ4n) is 6.27. The zero-order valence-electron chi connectivity index (χ0n) is 25.8. The highest BCUT2D eigenvalue weighted by atomic mass is 16.5. The van der Waals surface area contributed by atoms with Crippen LogP contribution in [0.2, 0.25) is 0 Å². The molecule has 0 spiro atoms. The van der Waals surface area contributed by atoms with E-state index in [4.69, 9.17) is 15.2 Å². The lowest BCUT2D eigenvalue weighted by Gasteiger charge is -2.34. The first kappa shape index (κ1) is 31.5. The molecule has 3 N–H and O–H groups in total. The minimum atomic E-state index is 0.333. The number of rotatable bonds is 4. The molecular formula is C34H52N4O3. The predicted molar refractivity (Wildman–Crippen MR) is 167 cm³/mol. The Balaban J connectivity index is 0.000000158. The van der Waals surface area contributed by atoms with Crippen molar-refractivity contribution >= 4 is 5.78 Å². The second kappa shape index (κ2) is 15.7. The van der Waals surface area contributed by atoms with Gasteiger partial charge in [0.25, 0.3) is 0 Å². The van der Waals surface area contributed by atoms with E-state index in [2.05, 4.69) is 52.5 Å². The van der Waals surface area contributed by atoms with E-state index in [0.717, 1.165) is 63.1 Å². The minimum absolute atomic E-state index is 0.333. The summed E-state index contributed by atoms with van der Waals surface area (Å²) in [6, 6.07) is 14.5. The van der Waals surface area contributed by atoms with E-state index < -0.39 is 0 Å². The smallest absolute Gasteiger partial charge is 0.135 e. The molecule has 226 valence electrons. The van der Waals surface area contributed by atoms with Gasteiger partial charge in [0, 0.05) is 44.1 Å². The van der Waals surface area contributed by atoms with Crippen LogP contribution in [0.3, 0.4) is 0 Å². The number of ketones is 1. The molecule has 0 aromatic heterocycles. The minimum Gasteiger partial charge on any atom is -0.497 e. The van der Waals surface area contributed by atoms with Gasteiger partial charge in [-0.05, 0) is 125 Å². The highest BCUT2D eigenvalue weighted by Crippen LogP contribution is 2.27. The van der Waals surface area contributed by atoms with E-state index in [1.807, 2.05) is 13.1 Å². The molecule has 4 aliphatic rings. The van der Waals surface area contributed by atoms with E-state index in [-0.39, 0.29) is 0 Å². The van der Waals surface area contributed by atoms with Crippen molar-refractivity contribution in [2.45, 2.75) is 82.3 Å². The van der Waals surface area contributed by atoms with Gasteiger partial charge in [-0.15, -0.1) is 0 Å². The first-order valence-corrected chi connectivity index (χ1v) is 15.5. The van der Waals surface area contributed by atoms with Crippen molar-refractivity contribution in [3.8, 4) is 11.5 Å². The lowest BCUT2D eigenvalue weighted by Crippen LogP contribution is -2.46. The Morgan fingerprint density at radius 1 is 0.683 bits per heavy atom. The van der Waals surface area contributed by atoms with E-state index >= 15 is 0 Å². The number of aryl methyl sites for hydroxylation is 2. The van der Waals surface area contributed by atoms with Gasteiger partial charge in [-0.25, -0.2) is 0 Å². The Morgan fingerprint density at radius 2 is 1.22 bits per heavy atom. The Bertz CT molecular complexity index is 1110. The molecule has 6 rings (SSSR count). The second-order valence-corrected chi connectivity index (χ2v) is 12.3. The number of hydrogen-bond acceptors (Lipinski definition) is 7. The number of fused-ring (bicyclic) bond motifs is 2. The first-order chi connectivity index (χ1) is 19.8. The maximum absolute atomic E-state index is 10.6. The van der Waals surface area contributed by atoms with Gasteiger partial charge in [0.1, 0.15) is 17.3 Å². The summed E-state index contributed by atoms with van der Waals surface area (Å²) in [5.74, 6) is 2.35. The molecule has 0 amide bonds. The number of benzene rings is 2. The quantitative estimate of drug-likeness (QED) is 0.581. The number of piperidine rings is 2. The third-order valence-electron chi connectivity index (χ3n) is 9.06. The fourth-order valence-corrected chi connectivity index (χ4v) is 6.27. The van der Waals surface area contributed by atoms with Crippen LogP contribution in [0.1, 0.15) is 60.8 Å². The molecule has 2 aliphatic heterocycles. The molecule has 2 aromatic carbocycles. The summed E-state index contributed by atoms with van der Waals surface area (Å²) in [5, 5.41) is 3.89. The van der Waals surface area contributed by atoms with Gasteiger partial charge < -0.3 is 30.3 Å². The van der Waals surface area contributed by atoms with Gasteiger partial charge in [-0.2, -0.15) is 0 Å². The first-order valence-electron chi connectivity index (χ1n) is 15.5. The SMILES string of the molecule is CN1CCC(=O)CC1.COc1ccc2c(c1)C[C@H](N)CC2.COc1ccc2c(c1)C[C@H](NC1CCN(C)CC1)CC2. The van der Waals surface area contributed by atoms with Crippen LogP contribution in [0.4, 0.5) is 0 Å². The van der Waals surface area contributed by atoms with Crippen molar-refractivity contribution in [2.24, 2.45) is 5.73 Å². The normalized spacial score (nSPS) is 23.2. The zero-order valence-corrected chi connectivity index (χ0v) is 25.8. The molecule has 2 aromatic rings. The van der Waals surface area contributed by atoms with E-state index in [1.165, 1.54) is 61.0 Å². The molecule has 2 aliphatic carbocycles. The molecule has 0 bridgehead atoms. The number of likely N-dealkylation sites (tertiary alicyclic amines) is 2. The summed E-state index contributed by atoms with van der Waals surface area (Å²) in [6.07, 6.45) is 10.9. The van der Waals surface area contributed by atoms with Crippen LogP contribution in [-0.4, -0.2) is 88.2 Å². The highest BCUT2D eigenvalue weighted by molar-refractivity contribution is 5.79. The molecule has 7 nitrogen and oxygen atoms in total. The summed E-state index contributed by atoms with van der Waals surface area (Å²) in [7, 11) is 7.72. The van der Waals surface area contributed by atoms with Gasteiger partial charge >= 0.3 is 0 Å². The summed E-state index contributed by atoms with van der Waals surface area (Å²) >= 11 is 0. The molecule has 41 heavy (non-hydrogen) atoms. The number of hydrogen-bond donors (Lipinski definition) is 2. The Morgan fingerprint density at radius 3 is 1.78 bits per heavy atom. The van der Waals surface area contributed by atoms with E-state index in [0.29, 0.717) is 23.9 Å². The Labute approximate surface area is 247 Å². The zero-order chi connectivity index (χ0) is 29.2. The van der Waals surface area contributed by atoms with Crippen LogP contribution < -0.4 is 20.5 Å². The van der Waals surface area contributed by atoms with Crippen LogP contribution in [0.25, 0.3) is 0 Å². The number of nitrogens with one attached hydrogen (secondary N) is 1. The number of methoxy groups -OCH3 is 2.